The molecule has 0 atom stereocenters. The van der Waals surface area contributed by atoms with Gasteiger partial charge >= 0.3 is 0 Å². The third kappa shape index (κ3) is 6.43. The first-order valence-electron chi connectivity index (χ1n) is 6.91. The van der Waals surface area contributed by atoms with E-state index in [1.807, 2.05) is 13.8 Å². The summed E-state index contributed by atoms with van der Waals surface area (Å²) < 4.78 is 28.9. The van der Waals surface area contributed by atoms with Crippen LogP contribution in [-0.4, -0.2) is 33.1 Å². The maximum Gasteiger partial charge on any atom is 0.153 e. The second kappa shape index (κ2) is 8.83. The minimum absolute atomic E-state index is 0.0135. The summed E-state index contributed by atoms with van der Waals surface area (Å²) in [5.41, 5.74) is 0.822. The monoisotopic (exact) mass is 353 g/mol. The van der Waals surface area contributed by atoms with E-state index in [-0.39, 0.29) is 18.1 Å². The van der Waals surface area contributed by atoms with Crippen molar-refractivity contribution < 1.29 is 13.2 Å². The highest BCUT2D eigenvalue weighted by atomic mass is 35.5. The number of nitrogens with one attached hydrogen (secondary N) is 1. The van der Waals surface area contributed by atoms with E-state index in [9.17, 15) is 8.42 Å². The molecule has 0 aliphatic carbocycles. The minimum Gasteiger partial charge on any atom is -0.491 e. The summed E-state index contributed by atoms with van der Waals surface area (Å²) in [7, 11) is -3.06. The molecule has 0 aliphatic heterocycles. The van der Waals surface area contributed by atoms with Crippen molar-refractivity contribution in [3.8, 4) is 5.75 Å². The van der Waals surface area contributed by atoms with Crippen molar-refractivity contribution in [2.24, 2.45) is 0 Å². The molecule has 1 aromatic rings. The lowest BCUT2D eigenvalue weighted by atomic mass is 10.2. The Morgan fingerprint density at radius 2 is 1.90 bits per heavy atom. The zero-order chi connectivity index (χ0) is 15.9. The van der Waals surface area contributed by atoms with Crippen molar-refractivity contribution in [1.82, 2.24) is 5.32 Å². The van der Waals surface area contributed by atoms with Gasteiger partial charge in [0.15, 0.2) is 9.84 Å². The Kier molecular flexibility index (Phi) is 7.81. The average Bonchev–Trinajstić information content (AvgIpc) is 2.38. The van der Waals surface area contributed by atoms with E-state index in [0.29, 0.717) is 28.8 Å². The van der Waals surface area contributed by atoms with Gasteiger partial charge in [-0.15, -0.1) is 0 Å². The van der Waals surface area contributed by atoms with Crippen LogP contribution in [0.15, 0.2) is 12.1 Å². The van der Waals surface area contributed by atoms with Gasteiger partial charge in [-0.2, -0.15) is 0 Å². The van der Waals surface area contributed by atoms with Crippen molar-refractivity contribution >= 4 is 33.0 Å². The van der Waals surface area contributed by atoms with Crippen LogP contribution in [-0.2, 0) is 16.4 Å². The van der Waals surface area contributed by atoms with Gasteiger partial charge in [0.2, 0.25) is 0 Å². The first-order chi connectivity index (χ1) is 9.89. The largest absolute Gasteiger partial charge is 0.491 e. The van der Waals surface area contributed by atoms with E-state index in [1.54, 1.807) is 12.1 Å². The molecular weight excluding hydrogens is 333 g/mol. The summed E-state index contributed by atoms with van der Waals surface area (Å²) in [6, 6.07) is 3.36. The quantitative estimate of drug-likeness (QED) is 0.739. The molecule has 0 aromatic heterocycles. The third-order valence-corrected chi connectivity index (χ3v) is 5.12. The highest BCUT2D eigenvalue weighted by Gasteiger charge is 2.13. The molecule has 0 saturated heterocycles. The molecule has 0 radical (unpaired) electrons. The molecular formula is C14H21Cl2NO3S. The van der Waals surface area contributed by atoms with Gasteiger partial charge in [-0.05, 0) is 25.1 Å². The average molecular weight is 354 g/mol. The summed E-state index contributed by atoms with van der Waals surface area (Å²) >= 11 is 12.1. The fraction of sp³-hybridized carbons (Fsp3) is 0.571. The summed E-state index contributed by atoms with van der Waals surface area (Å²) in [6.45, 7) is 5.28. The van der Waals surface area contributed by atoms with Gasteiger partial charge in [0.05, 0.1) is 16.5 Å². The van der Waals surface area contributed by atoms with E-state index in [1.165, 1.54) is 0 Å². The lowest BCUT2D eigenvalue weighted by Crippen LogP contribution is -2.18. The van der Waals surface area contributed by atoms with Gasteiger partial charge in [0.25, 0.3) is 0 Å². The van der Waals surface area contributed by atoms with Crippen LogP contribution in [0.2, 0.25) is 10.0 Å². The van der Waals surface area contributed by atoms with Gasteiger partial charge in [0, 0.05) is 17.1 Å². The van der Waals surface area contributed by atoms with Gasteiger partial charge < -0.3 is 10.1 Å². The zero-order valence-corrected chi connectivity index (χ0v) is 14.6. The Bertz CT molecular complexity index is 562. The van der Waals surface area contributed by atoms with Crippen molar-refractivity contribution in [2.75, 3.05) is 24.7 Å². The van der Waals surface area contributed by atoms with Gasteiger partial charge in [-0.1, -0.05) is 37.0 Å². The number of hydrogen-bond acceptors (Lipinski definition) is 4. The summed E-state index contributed by atoms with van der Waals surface area (Å²) in [5, 5.41) is 4.09. The van der Waals surface area contributed by atoms with Crippen molar-refractivity contribution in [3.63, 3.8) is 0 Å². The molecule has 1 rings (SSSR count). The first-order valence-corrected chi connectivity index (χ1v) is 9.49. The Morgan fingerprint density at radius 3 is 2.52 bits per heavy atom. The fourth-order valence-electron chi connectivity index (χ4n) is 1.85. The summed E-state index contributed by atoms with van der Waals surface area (Å²) in [6.07, 6.45) is 0.607. The van der Waals surface area contributed by atoms with Crippen LogP contribution in [0.5, 0.6) is 5.75 Å². The topological polar surface area (TPSA) is 55.4 Å². The molecule has 0 aliphatic rings. The normalized spacial score (nSPS) is 11.6. The molecule has 1 N–H and O–H groups in total. The highest BCUT2D eigenvalue weighted by molar-refractivity contribution is 7.91. The maximum atomic E-state index is 11.7. The molecule has 7 heteroatoms. The number of halogens is 2. The molecule has 4 nitrogen and oxygen atoms in total. The molecule has 0 unspecified atom stereocenters. The van der Waals surface area contributed by atoms with Crippen LogP contribution < -0.4 is 10.1 Å². The summed E-state index contributed by atoms with van der Waals surface area (Å²) in [4.78, 5) is 0. The standard InChI is InChI=1S/C14H21Cl2NO3S/c1-3-6-21(18,19)7-5-20-14-11(10-17-4-2)8-12(15)9-13(14)16/h8-9,17H,3-7,10H2,1-2H3. The van der Waals surface area contributed by atoms with Crippen molar-refractivity contribution in [3.05, 3.63) is 27.7 Å². The second-order valence-electron chi connectivity index (χ2n) is 4.66. The Labute approximate surface area is 136 Å². The molecule has 0 heterocycles. The van der Waals surface area contributed by atoms with Crippen LogP contribution in [0.3, 0.4) is 0 Å². The Hall–Kier alpha value is -0.490. The van der Waals surface area contributed by atoms with E-state index in [4.69, 9.17) is 27.9 Å². The van der Waals surface area contributed by atoms with Crippen molar-refractivity contribution in [2.45, 2.75) is 26.8 Å². The molecule has 120 valence electrons. The molecule has 0 fully saturated rings. The zero-order valence-electron chi connectivity index (χ0n) is 12.3. The van der Waals surface area contributed by atoms with Crippen LogP contribution in [0.25, 0.3) is 0 Å². The minimum atomic E-state index is -3.06. The van der Waals surface area contributed by atoms with E-state index in [2.05, 4.69) is 5.32 Å². The number of rotatable bonds is 9. The van der Waals surface area contributed by atoms with E-state index >= 15 is 0 Å². The van der Waals surface area contributed by atoms with Gasteiger partial charge in [-0.25, -0.2) is 8.42 Å². The lowest BCUT2D eigenvalue weighted by Gasteiger charge is -2.14. The molecule has 0 spiro atoms. The second-order valence-corrected chi connectivity index (χ2v) is 7.80. The van der Waals surface area contributed by atoms with Crippen LogP contribution >= 0.6 is 23.2 Å². The molecule has 0 saturated carbocycles. The van der Waals surface area contributed by atoms with Crippen LogP contribution in [0.1, 0.15) is 25.8 Å². The molecule has 21 heavy (non-hydrogen) atoms. The predicted molar refractivity (Wildman–Crippen MR) is 88.3 cm³/mol. The number of hydrogen-bond donors (Lipinski definition) is 1. The first kappa shape index (κ1) is 18.6. The van der Waals surface area contributed by atoms with E-state index < -0.39 is 9.84 Å². The highest BCUT2D eigenvalue weighted by Crippen LogP contribution is 2.32. The van der Waals surface area contributed by atoms with Gasteiger partial charge in [0.1, 0.15) is 12.4 Å². The Balaban J connectivity index is 2.77. The fourth-order valence-corrected chi connectivity index (χ4v) is 3.60. The SMILES string of the molecule is CCCS(=O)(=O)CCOc1c(Cl)cc(Cl)cc1CNCC. The third-order valence-electron chi connectivity index (χ3n) is 2.81. The molecule has 0 amide bonds. The van der Waals surface area contributed by atoms with Crippen LogP contribution in [0, 0.1) is 0 Å². The smallest absolute Gasteiger partial charge is 0.153 e. The van der Waals surface area contributed by atoms with Crippen LogP contribution in [0.4, 0.5) is 0 Å². The predicted octanol–water partition coefficient (Wildman–Crippen LogP) is 3.31. The van der Waals surface area contributed by atoms with Gasteiger partial charge in [-0.3, -0.25) is 0 Å². The maximum absolute atomic E-state index is 11.7. The Morgan fingerprint density at radius 1 is 1.19 bits per heavy atom. The molecule has 1 aromatic carbocycles. The van der Waals surface area contributed by atoms with E-state index in [0.717, 1.165) is 12.1 Å². The number of benzene rings is 1. The number of ether oxygens (including phenoxy) is 1. The summed E-state index contributed by atoms with van der Waals surface area (Å²) in [5.74, 6) is 0.656. The lowest BCUT2D eigenvalue weighted by molar-refractivity contribution is 0.336. The van der Waals surface area contributed by atoms with Crippen molar-refractivity contribution in [1.29, 1.82) is 0 Å². The molecule has 0 bridgehead atoms. The number of sulfone groups is 1.